The lowest BCUT2D eigenvalue weighted by Crippen LogP contribution is -2.29. The molecular weight excluding hydrogens is 242 g/mol. The van der Waals surface area contributed by atoms with Gasteiger partial charge in [-0.05, 0) is 25.0 Å². The second-order valence-electron chi connectivity index (χ2n) is 4.76. The van der Waals surface area contributed by atoms with E-state index in [1.807, 2.05) is 23.6 Å². The van der Waals surface area contributed by atoms with Gasteiger partial charge in [0.2, 0.25) is 0 Å². The van der Waals surface area contributed by atoms with E-state index >= 15 is 0 Å². The van der Waals surface area contributed by atoms with E-state index in [0.717, 1.165) is 35.7 Å². The molecule has 0 unspecified atom stereocenters. The fourth-order valence-corrected chi connectivity index (χ4v) is 3.18. The van der Waals surface area contributed by atoms with Gasteiger partial charge in [-0.3, -0.25) is 4.98 Å². The summed E-state index contributed by atoms with van der Waals surface area (Å²) in [5, 5.41) is 12.3. The zero-order valence-electron chi connectivity index (χ0n) is 9.97. The first kappa shape index (κ1) is 11.4. The molecule has 0 saturated heterocycles. The maximum atomic E-state index is 9.24. The van der Waals surface area contributed by atoms with Crippen LogP contribution in [0.2, 0.25) is 0 Å². The van der Waals surface area contributed by atoms with Gasteiger partial charge >= 0.3 is 0 Å². The van der Waals surface area contributed by atoms with Gasteiger partial charge in [-0.15, -0.1) is 11.3 Å². The second-order valence-corrected chi connectivity index (χ2v) is 5.71. The molecule has 1 saturated carbocycles. The highest BCUT2D eigenvalue weighted by molar-refractivity contribution is 7.09. The van der Waals surface area contributed by atoms with Crippen LogP contribution in [-0.2, 0) is 6.42 Å². The smallest absolute Gasteiger partial charge is 0.0998 e. The third-order valence-electron chi connectivity index (χ3n) is 3.52. The van der Waals surface area contributed by atoms with Crippen molar-refractivity contribution in [3.05, 3.63) is 34.8 Å². The van der Waals surface area contributed by atoms with Crippen LogP contribution in [0.25, 0.3) is 11.4 Å². The lowest BCUT2D eigenvalue weighted by atomic mass is 9.68. The van der Waals surface area contributed by atoms with Crippen molar-refractivity contribution in [2.75, 3.05) is 0 Å². The van der Waals surface area contributed by atoms with Crippen LogP contribution in [0, 0.1) is 16.7 Å². The summed E-state index contributed by atoms with van der Waals surface area (Å²) in [7, 11) is 0. The largest absolute Gasteiger partial charge is 0.255 e. The number of hydrogen-bond donors (Lipinski definition) is 0. The molecule has 0 aromatic carbocycles. The van der Waals surface area contributed by atoms with E-state index in [2.05, 4.69) is 16.0 Å². The van der Waals surface area contributed by atoms with Gasteiger partial charge in [-0.2, -0.15) is 5.26 Å². The Morgan fingerprint density at radius 2 is 2.22 bits per heavy atom. The normalized spacial score (nSPS) is 16.8. The molecule has 2 heterocycles. The number of nitrogens with zero attached hydrogens (tertiary/aromatic N) is 3. The summed E-state index contributed by atoms with van der Waals surface area (Å²) in [5.74, 6) is 0. The van der Waals surface area contributed by atoms with Crippen molar-refractivity contribution < 1.29 is 0 Å². The number of thiazole rings is 1. The molecule has 4 heteroatoms. The highest BCUT2D eigenvalue weighted by atomic mass is 32.1. The minimum atomic E-state index is -0.140. The SMILES string of the molecule is N#CC1(Cc2nc(-c3ccccn3)cs2)CCC1. The number of aromatic nitrogens is 2. The van der Waals surface area contributed by atoms with E-state index in [-0.39, 0.29) is 5.41 Å². The number of pyridine rings is 1. The predicted molar refractivity (Wildman–Crippen MR) is 70.9 cm³/mol. The molecule has 3 nitrogen and oxygen atoms in total. The lowest BCUT2D eigenvalue weighted by Gasteiger charge is -2.34. The van der Waals surface area contributed by atoms with E-state index in [0.29, 0.717) is 0 Å². The van der Waals surface area contributed by atoms with Gasteiger partial charge in [-0.1, -0.05) is 12.5 Å². The lowest BCUT2D eigenvalue weighted by molar-refractivity contribution is 0.214. The van der Waals surface area contributed by atoms with E-state index in [4.69, 9.17) is 0 Å². The summed E-state index contributed by atoms with van der Waals surface area (Å²) in [6.07, 6.45) is 5.77. The average Bonchev–Trinajstić information content (AvgIpc) is 2.83. The standard InChI is InChI=1S/C14H13N3S/c15-10-14(5-3-6-14)8-13-17-12(9-18-13)11-4-1-2-7-16-11/h1-2,4,7,9H,3,5-6,8H2. The molecule has 0 amide bonds. The zero-order chi connectivity index (χ0) is 12.4. The molecule has 2 aromatic rings. The molecule has 0 bridgehead atoms. The Hall–Kier alpha value is -1.73. The monoisotopic (exact) mass is 255 g/mol. The van der Waals surface area contributed by atoms with Gasteiger partial charge in [0.25, 0.3) is 0 Å². The van der Waals surface area contributed by atoms with Gasteiger partial charge < -0.3 is 0 Å². The van der Waals surface area contributed by atoms with Crippen molar-refractivity contribution in [3.63, 3.8) is 0 Å². The predicted octanol–water partition coefficient (Wildman–Crippen LogP) is 3.44. The minimum Gasteiger partial charge on any atom is -0.255 e. The molecule has 1 fully saturated rings. The van der Waals surface area contributed by atoms with Crippen LogP contribution in [0.5, 0.6) is 0 Å². The second kappa shape index (κ2) is 4.51. The van der Waals surface area contributed by atoms with Crippen molar-refractivity contribution in [1.29, 1.82) is 5.26 Å². The molecule has 0 aliphatic heterocycles. The molecule has 1 aliphatic rings. The molecule has 0 spiro atoms. The first-order valence-corrected chi connectivity index (χ1v) is 6.96. The van der Waals surface area contributed by atoms with Gasteiger partial charge in [0.1, 0.15) is 0 Å². The summed E-state index contributed by atoms with van der Waals surface area (Å²) < 4.78 is 0. The van der Waals surface area contributed by atoms with Crippen molar-refractivity contribution in [3.8, 4) is 17.5 Å². The molecule has 0 N–H and O–H groups in total. The summed E-state index contributed by atoms with van der Waals surface area (Å²) in [5.41, 5.74) is 1.68. The Balaban J connectivity index is 1.80. The summed E-state index contributed by atoms with van der Waals surface area (Å²) in [6.45, 7) is 0. The van der Waals surface area contributed by atoms with Gasteiger partial charge in [0.05, 0.1) is 27.9 Å². The molecule has 1 aliphatic carbocycles. The summed E-state index contributed by atoms with van der Waals surface area (Å²) in [4.78, 5) is 8.89. The molecule has 90 valence electrons. The van der Waals surface area contributed by atoms with Gasteiger partial charge in [0.15, 0.2) is 0 Å². The Bertz CT molecular complexity index is 579. The maximum Gasteiger partial charge on any atom is 0.0998 e. The summed E-state index contributed by atoms with van der Waals surface area (Å²) in [6, 6.07) is 8.29. The van der Waals surface area contributed by atoms with Crippen molar-refractivity contribution in [2.45, 2.75) is 25.7 Å². The third-order valence-corrected chi connectivity index (χ3v) is 4.37. The van der Waals surface area contributed by atoms with Crippen LogP contribution >= 0.6 is 11.3 Å². The topological polar surface area (TPSA) is 49.6 Å². The Kier molecular flexibility index (Phi) is 2.85. The van der Waals surface area contributed by atoms with E-state index < -0.39 is 0 Å². The van der Waals surface area contributed by atoms with Crippen LogP contribution in [0.4, 0.5) is 0 Å². The van der Waals surface area contributed by atoms with Crippen molar-refractivity contribution in [1.82, 2.24) is 9.97 Å². The third kappa shape index (κ3) is 2.02. The molecule has 18 heavy (non-hydrogen) atoms. The van der Waals surface area contributed by atoms with Crippen LogP contribution in [0.15, 0.2) is 29.8 Å². The highest BCUT2D eigenvalue weighted by Gasteiger charge is 2.38. The Morgan fingerprint density at radius 3 is 2.83 bits per heavy atom. The molecular formula is C14H13N3S. The minimum absolute atomic E-state index is 0.140. The molecule has 2 aromatic heterocycles. The van der Waals surface area contributed by atoms with E-state index in [9.17, 15) is 5.26 Å². The number of rotatable bonds is 3. The fraction of sp³-hybridized carbons (Fsp3) is 0.357. The molecule has 0 atom stereocenters. The molecule has 3 rings (SSSR count). The first-order chi connectivity index (χ1) is 8.81. The van der Waals surface area contributed by atoms with Crippen LogP contribution < -0.4 is 0 Å². The maximum absolute atomic E-state index is 9.24. The quantitative estimate of drug-likeness (QED) is 0.844. The van der Waals surface area contributed by atoms with Crippen molar-refractivity contribution >= 4 is 11.3 Å². The van der Waals surface area contributed by atoms with Crippen molar-refractivity contribution in [2.24, 2.45) is 5.41 Å². The zero-order valence-corrected chi connectivity index (χ0v) is 10.8. The fourth-order valence-electron chi connectivity index (χ4n) is 2.25. The van der Waals surface area contributed by atoms with E-state index in [1.54, 1.807) is 17.5 Å². The number of hydrogen-bond acceptors (Lipinski definition) is 4. The van der Waals surface area contributed by atoms with Crippen LogP contribution in [0.3, 0.4) is 0 Å². The van der Waals surface area contributed by atoms with Gasteiger partial charge in [-0.25, -0.2) is 4.98 Å². The highest BCUT2D eigenvalue weighted by Crippen LogP contribution is 2.43. The average molecular weight is 255 g/mol. The number of nitriles is 1. The summed E-state index contributed by atoms with van der Waals surface area (Å²) >= 11 is 1.63. The van der Waals surface area contributed by atoms with Gasteiger partial charge in [0, 0.05) is 18.0 Å². The Labute approximate surface area is 110 Å². The Morgan fingerprint density at radius 1 is 1.33 bits per heavy atom. The first-order valence-electron chi connectivity index (χ1n) is 6.08. The van der Waals surface area contributed by atoms with Crippen LogP contribution in [0.1, 0.15) is 24.3 Å². The van der Waals surface area contributed by atoms with Crippen LogP contribution in [-0.4, -0.2) is 9.97 Å². The van der Waals surface area contributed by atoms with E-state index in [1.165, 1.54) is 6.42 Å². The molecule has 0 radical (unpaired) electrons.